The minimum absolute atomic E-state index is 0. The van der Waals surface area contributed by atoms with Crippen molar-refractivity contribution in [2.24, 2.45) is 11.8 Å². The normalized spacial score (nSPS) is 25.2. The molecule has 1 saturated carbocycles. The molecule has 0 amide bonds. The molecule has 0 unspecified atom stereocenters. The minimum atomic E-state index is -0.944. The largest absolute Gasteiger partial charge is 1.00 e. The van der Waals surface area contributed by atoms with Gasteiger partial charge in [-0.2, -0.15) is 0 Å². The van der Waals surface area contributed by atoms with Crippen LogP contribution in [0.2, 0.25) is 0 Å². The van der Waals surface area contributed by atoms with Crippen LogP contribution in [-0.2, 0) is 4.79 Å². The van der Waals surface area contributed by atoms with Gasteiger partial charge in [0.1, 0.15) is 0 Å². The van der Waals surface area contributed by atoms with E-state index < -0.39 is 5.97 Å². The Balaban J connectivity index is 0.00000144. The molecule has 2 atom stereocenters. The van der Waals surface area contributed by atoms with E-state index in [4.69, 9.17) is 0 Å². The van der Waals surface area contributed by atoms with Crippen LogP contribution in [-0.4, -0.2) is 5.97 Å². The Kier molecular flexibility index (Phi) is 5.93. The van der Waals surface area contributed by atoms with E-state index in [0.717, 1.165) is 12.0 Å². The Morgan fingerprint density at radius 1 is 1.54 bits per heavy atom. The molecular formula is C10H15NaO2. The molecule has 0 aromatic heterocycles. The van der Waals surface area contributed by atoms with Crippen molar-refractivity contribution in [3.05, 3.63) is 12.2 Å². The zero-order valence-electron chi connectivity index (χ0n) is 8.51. The van der Waals surface area contributed by atoms with Crippen LogP contribution >= 0.6 is 0 Å². The predicted octanol–water partition coefficient (Wildman–Crippen LogP) is -1.88. The first-order chi connectivity index (χ1) is 5.66. The fraction of sp³-hybridized carbons (Fsp3) is 0.700. The van der Waals surface area contributed by atoms with Crippen LogP contribution in [0.1, 0.15) is 32.6 Å². The quantitative estimate of drug-likeness (QED) is 0.376. The topological polar surface area (TPSA) is 40.1 Å². The van der Waals surface area contributed by atoms with Gasteiger partial charge in [-0.15, -0.1) is 0 Å². The Labute approximate surface area is 102 Å². The van der Waals surface area contributed by atoms with Gasteiger partial charge in [0.2, 0.25) is 0 Å². The maximum atomic E-state index is 10.3. The number of aliphatic carboxylic acids is 1. The van der Waals surface area contributed by atoms with Gasteiger partial charge < -0.3 is 9.90 Å². The van der Waals surface area contributed by atoms with Crippen molar-refractivity contribution in [3.8, 4) is 0 Å². The van der Waals surface area contributed by atoms with Gasteiger partial charge in [0.15, 0.2) is 0 Å². The fourth-order valence-corrected chi connectivity index (χ4v) is 1.71. The smallest absolute Gasteiger partial charge is 0.550 e. The number of hydrogen-bond acceptors (Lipinski definition) is 2. The number of allylic oxidation sites excluding steroid dienone is 1. The summed E-state index contributed by atoms with van der Waals surface area (Å²) in [5.41, 5.74) is 1.12. The van der Waals surface area contributed by atoms with Crippen LogP contribution in [0.5, 0.6) is 0 Å². The van der Waals surface area contributed by atoms with Crippen molar-refractivity contribution in [2.45, 2.75) is 32.6 Å². The third-order valence-corrected chi connectivity index (χ3v) is 2.58. The first-order valence-electron chi connectivity index (χ1n) is 4.55. The van der Waals surface area contributed by atoms with E-state index in [2.05, 4.69) is 13.5 Å². The average molecular weight is 190 g/mol. The molecule has 0 aromatic rings. The van der Waals surface area contributed by atoms with E-state index in [1.807, 2.05) is 0 Å². The fourth-order valence-electron chi connectivity index (χ4n) is 1.71. The molecule has 2 nitrogen and oxygen atoms in total. The summed E-state index contributed by atoms with van der Waals surface area (Å²) in [5, 5.41) is 10.3. The van der Waals surface area contributed by atoms with E-state index in [1.54, 1.807) is 0 Å². The summed E-state index contributed by atoms with van der Waals surface area (Å²) in [7, 11) is 0. The van der Waals surface area contributed by atoms with E-state index >= 15 is 0 Å². The Morgan fingerprint density at radius 3 is 2.62 bits per heavy atom. The van der Waals surface area contributed by atoms with Crippen molar-refractivity contribution in [1.82, 2.24) is 0 Å². The van der Waals surface area contributed by atoms with Gasteiger partial charge in [-0.3, -0.25) is 0 Å². The van der Waals surface area contributed by atoms with Gasteiger partial charge in [-0.05, 0) is 24.7 Å². The molecule has 1 aliphatic carbocycles. The van der Waals surface area contributed by atoms with Crippen LogP contribution in [0, 0.1) is 11.8 Å². The number of carbonyl (C=O) groups is 1. The molecule has 0 aliphatic heterocycles. The second-order valence-electron chi connectivity index (χ2n) is 3.51. The molecule has 0 aromatic carbocycles. The molecule has 1 aliphatic rings. The Bertz CT molecular complexity index is 201. The van der Waals surface area contributed by atoms with Gasteiger partial charge >= 0.3 is 29.6 Å². The predicted molar refractivity (Wildman–Crippen MR) is 45.3 cm³/mol. The number of rotatable bonds is 5. The molecule has 13 heavy (non-hydrogen) atoms. The van der Waals surface area contributed by atoms with Gasteiger partial charge in [0, 0.05) is 5.97 Å². The van der Waals surface area contributed by atoms with E-state index in [9.17, 15) is 9.90 Å². The van der Waals surface area contributed by atoms with Crippen LogP contribution < -0.4 is 34.7 Å². The second kappa shape index (κ2) is 5.84. The maximum Gasteiger partial charge on any atom is 1.00 e. The van der Waals surface area contributed by atoms with Gasteiger partial charge in [0.05, 0.1) is 0 Å². The summed E-state index contributed by atoms with van der Waals surface area (Å²) < 4.78 is 0. The van der Waals surface area contributed by atoms with Gasteiger partial charge in [0.25, 0.3) is 0 Å². The van der Waals surface area contributed by atoms with Gasteiger partial charge in [-0.1, -0.05) is 31.9 Å². The van der Waals surface area contributed by atoms with Crippen molar-refractivity contribution < 1.29 is 39.5 Å². The van der Waals surface area contributed by atoms with Crippen LogP contribution in [0.3, 0.4) is 0 Å². The number of carboxylic acids is 1. The molecule has 1 fully saturated rings. The molecule has 0 radical (unpaired) electrons. The molecule has 0 bridgehead atoms. The molecular weight excluding hydrogens is 175 g/mol. The SMILES string of the molecule is C=C1[C@H](CCCC)[C@H]1CC(=O)[O-].[Na+]. The minimum Gasteiger partial charge on any atom is -0.550 e. The first kappa shape index (κ1) is 13.2. The monoisotopic (exact) mass is 190 g/mol. The molecule has 3 heteroatoms. The van der Waals surface area contributed by atoms with E-state index in [0.29, 0.717) is 5.92 Å². The number of carbonyl (C=O) groups excluding carboxylic acids is 1. The zero-order chi connectivity index (χ0) is 9.14. The summed E-state index contributed by atoms with van der Waals surface area (Å²) in [6.07, 6.45) is 3.62. The van der Waals surface area contributed by atoms with Crippen LogP contribution in [0.25, 0.3) is 0 Å². The molecule has 0 heterocycles. The van der Waals surface area contributed by atoms with Gasteiger partial charge in [-0.25, -0.2) is 0 Å². The van der Waals surface area contributed by atoms with Crippen molar-refractivity contribution in [3.63, 3.8) is 0 Å². The Morgan fingerprint density at radius 2 is 2.15 bits per heavy atom. The summed E-state index contributed by atoms with van der Waals surface area (Å²) in [4.78, 5) is 10.3. The standard InChI is InChI=1S/C10H16O2.Na/c1-3-4-5-8-7(2)9(8)6-10(11)12;/h8-9H,2-6H2,1H3,(H,11,12);/q;+1/p-1/t8-,9-;/m0./s1. The van der Waals surface area contributed by atoms with Crippen molar-refractivity contribution >= 4 is 5.97 Å². The van der Waals surface area contributed by atoms with Crippen molar-refractivity contribution in [2.75, 3.05) is 0 Å². The summed E-state index contributed by atoms with van der Waals surface area (Å²) in [5.74, 6) is -0.246. The number of unbranched alkanes of at least 4 members (excludes halogenated alkanes) is 1. The summed E-state index contributed by atoms with van der Waals surface area (Å²) >= 11 is 0. The third kappa shape index (κ3) is 3.84. The molecule has 0 N–H and O–H groups in total. The first-order valence-corrected chi connectivity index (χ1v) is 4.55. The second-order valence-corrected chi connectivity index (χ2v) is 3.51. The maximum absolute atomic E-state index is 10.3. The van der Waals surface area contributed by atoms with E-state index in [1.165, 1.54) is 12.8 Å². The zero-order valence-corrected chi connectivity index (χ0v) is 10.5. The Hall–Kier alpha value is 0.210. The number of hydrogen-bond donors (Lipinski definition) is 0. The molecule has 68 valence electrons. The van der Waals surface area contributed by atoms with E-state index in [-0.39, 0.29) is 41.9 Å². The number of carboxylic acid groups (broad SMARTS) is 1. The van der Waals surface area contributed by atoms with Crippen LogP contribution in [0.4, 0.5) is 0 Å². The average Bonchev–Trinajstić information content (AvgIpc) is 2.57. The summed E-state index contributed by atoms with van der Waals surface area (Å²) in [6, 6.07) is 0. The van der Waals surface area contributed by atoms with Crippen molar-refractivity contribution in [1.29, 1.82) is 0 Å². The summed E-state index contributed by atoms with van der Waals surface area (Å²) in [6.45, 7) is 5.98. The molecule has 0 saturated heterocycles. The molecule has 0 spiro atoms. The molecule has 1 rings (SSSR count). The third-order valence-electron chi connectivity index (χ3n) is 2.58. The van der Waals surface area contributed by atoms with Crippen LogP contribution in [0.15, 0.2) is 12.2 Å².